The van der Waals surface area contributed by atoms with Crippen molar-refractivity contribution in [3.63, 3.8) is 0 Å². The van der Waals surface area contributed by atoms with Gasteiger partial charge < -0.3 is 10.6 Å². The van der Waals surface area contributed by atoms with Gasteiger partial charge in [-0.1, -0.05) is 36.4 Å². The van der Waals surface area contributed by atoms with E-state index in [4.69, 9.17) is 12.2 Å². The Morgan fingerprint density at radius 1 is 1.19 bits per heavy atom. The third-order valence-electron chi connectivity index (χ3n) is 2.96. The maximum Gasteiger partial charge on any atom is 0.166 e. The van der Waals surface area contributed by atoms with Gasteiger partial charge in [-0.05, 0) is 29.9 Å². The highest BCUT2D eigenvalue weighted by atomic mass is 32.2. The number of nitrogens with one attached hydrogen (secondary N) is 2. The third kappa shape index (κ3) is 5.02. The summed E-state index contributed by atoms with van der Waals surface area (Å²) in [5, 5.41) is 7.02. The second-order valence-corrected chi connectivity index (χ2v) is 6.04. The fourth-order valence-corrected chi connectivity index (χ4v) is 3.16. The number of nitrogens with zero attached hydrogens (tertiary/aromatic N) is 1. The molecule has 1 heterocycles. The highest BCUT2D eigenvalue weighted by Gasteiger charge is 2.15. The molecule has 3 nitrogen and oxygen atoms in total. The van der Waals surface area contributed by atoms with Crippen LogP contribution in [-0.2, 0) is 0 Å². The van der Waals surface area contributed by atoms with Crippen molar-refractivity contribution in [3.8, 4) is 0 Å². The lowest BCUT2D eigenvalue weighted by atomic mass is 10.1. The van der Waals surface area contributed by atoms with Gasteiger partial charge in [-0.2, -0.15) is 0 Å². The van der Waals surface area contributed by atoms with Crippen LogP contribution in [0.15, 0.2) is 54.7 Å². The van der Waals surface area contributed by atoms with Crippen LogP contribution in [-0.4, -0.2) is 29.4 Å². The number of pyridine rings is 1. The minimum atomic E-state index is 0.248. The van der Waals surface area contributed by atoms with Crippen LogP contribution in [0.25, 0.3) is 0 Å². The standard InChI is InChI=1S/C16H19N3S2/c1-17-16(20)19-11-12-21-15(13-7-3-2-4-8-13)14-9-5-6-10-18-14/h2-10,15H,11-12H2,1H3,(H2,17,19,20). The van der Waals surface area contributed by atoms with Crippen molar-refractivity contribution in [1.82, 2.24) is 15.6 Å². The molecule has 1 aromatic carbocycles. The van der Waals surface area contributed by atoms with Gasteiger partial charge in [0, 0.05) is 25.5 Å². The summed E-state index contributed by atoms with van der Waals surface area (Å²) in [5.41, 5.74) is 2.36. The first kappa shape index (κ1) is 15.8. The van der Waals surface area contributed by atoms with Crippen LogP contribution < -0.4 is 10.6 Å². The van der Waals surface area contributed by atoms with Gasteiger partial charge in [0.1, 0.15) is 0 Å². The lowest BCUT2D eigenvalue weighted by molar-refractivity contribution is 0.938. The van der Waals surface area contributed by atoms with E-state index in [1.54, 1.807) is 0 Å². The Kier molecular flexibility index (Phi) is 6.50. The normalized spacial score (nSPS) is 11.7. The number of hydrogen-bond acceptors (Lipinski definition) is 3. The van der Waals surface area contributed by atoms with Crippen LogP contribution in [0.2, 0.25) is 0 Å². The van der Waals surface area contributed by atoms with Crippen molar-refractivity contribution in [3.05, 3.63) is 66.0 Å². The summed E-state index contributed by atoms with van der Waals surface area (Å²) in [6, 6.07) is 16.5. The number of thiocarbonyl (C=S) groups is 1. The SMILES string of the molecule is CNC(=S)NCCSC(c1ccccc1)c1ccccn1. The lowest BCUT2D eigenvalue weighted by Crippen LogP contribution is -2.33. The average molecular weight is 317 g/mol. The maximum atomic E-state index is 5.08. The second-order valence-electron chi connectivity index (χ2n) is 4.42. The zero-order valence-corrected chi connectivity index (χ0v) is 13.6. The largest absolute Gasteiger partial charge is 0.366 e. The minimum Gasteiger partial charge on any atom is -0.366 e. The molecule has 21 heavy (non-hydrogen) atoms. The molecular formula is C16H19N3S2. The molecule has 0 aliphatic rings. The third-order valence-corrected chi connectivity index (χ3v) is 4.59. The van der Waals surface area contributed by atoms with Gasteiger partial charge in [-0.15, -0.1) is 11.8 Å². The summed E-state index contributed by atoms with van der Waals surface area (Å²) in [5.74, 6) is 0.956. The molecule has 1 unspecified atom stereocenters. The van der Waals surface area contributed by atoms with E-state index in [2.05, 4.69) is 45.9 Å². The van der Waals surface area contributed by atoms with E-state index < -0.39 is 0 Å². The first-order chi connectivity index (χ1) is 10.3. The Hall–Kier alpha value is -1.59. The highest BCUT2D eigenvalue weighted by molar-refractivity contribution is 7.99. The van der Waals surface area contributed by atoms with Crippen LogP contribution in [0.5, 0.6) is 0 Å². The Morgan fingerprint density at radius 2 is 1.95 bits per heavy atom. The molecule has 0 radical (unpaired) electrons. The van der Waals surface area contributed by atoms with Gasteiger partial charge in [-0.3, -0.25) is 4.98 Å². The van der Waals surface area contributed by atoms with E-state index in [0.29, 0.717) is 5.11 Å². The fourth-order valence-electron chi connectivity index (χ4n) is 1.94. The highest BCUT2D eigenvalue weighted by Crippen LogP contribution is 2.33. The molecule has 0 aliphatic heterocycles. The van der Waals surface area contributed by atoms with E-state index in [9.17, 15) is 0 Å². The first-order valence-electron chi connectivity index (χ1n) is 6.84. The molecule has 0 spiro atoms. The molecule has 1 atom stereocenters. The monoisotopic (exact) mass is 317 g/mol. The van der Waals surface area contributed by atoms with E-state index in [1.165, 1.54) is 5.56 Å². The summed E-state index contributed by atoms with van der Waals surface area (Å²) in [6.07, 6.45) is 1.85. The van der Waals surface area contributed by atoms with Crippen molar-refractivity contribution >= 4 is 29.1 Å². The zero-order valence-electron chi connectivity index (χ0n) is 12.0. The van der Waals surface area contributed by atoms with Crippen molar-refractivity contribution < 1.29 is 0 Å². The molecule has 2 N–H and O–H groups in total. The van der Waals surface area contributed by atoms with Gasteiger partial charge >= 0.3 is 0 Å². The average Bonchev–Trinajstić information content (AvgIpc) is 2.56. The topological polar surface area (TPSA) is 37.0 Å². The van der Waals surface area contributed by atoms with E-state index in [1.807, 2.05) is 43.2 Å². The quantitative estimate of drug-likeness (QED) is 0.633. The number of benzene rings is 1. The van der Waals surface area contributed by atoms with E-state index in [0.717, 1.165) is 18.0 Å². The Bertz CT molecular complexity index is 506. The van der Waals surface area contributed by atoms with Crippen LogP contribution in [0, 0.1) is 0 Å². The number of aromatic nitrogens is 1. The number of hydrogen-bond donors (Lipinski definition) is 2. The van der Waals surface area contributed by atoms with E-state index >= 15 is 0 Å². The van der Waals surface area contributed by atoms with Gasteiger partial charge in [0.2, 0.25) is 0 Å². The van der Waals surface area contributed by atoms with Gasteiger partial charge in [-0.25, -0.2) is 0 Å². The molecule has 0 bridgehead atoms. The van der Waals surface area contributed by atoms with Crippen molar-refractivity contribution in [1.29, 1.82) is 0 Å². The van der Waals surface area contributed by atoms with Crippen molar-refractivity contribution in [2.24, 2.45) is 0 Å². The molecule has 0 saturated heterocycles. The summed E-state index contributed by atoms with van der Waals surface area (Å²) in [4.78, 5) is 4.51. The lowest BCUT2D eigenvalue weighted by Gasteiger charge is -2.17. The van der Waals surface area contributed by atoms with Gasteiger partial charge in [0.05, 0.1) is 10.9 Å². The molecule has 5 heteroatoms. The first-order valence-corrected chi connectivity index (χ1v) is 8.30. The fraction of sp³-hybridized carbons (Fsp3) is 0.250. The molecule has 0 aliphatic carbocycles. The molecule has 110 valence electrons. The Balaban J connectivity index is 2.02. The van der Waals surface area contributed by atoms with Crippen molar-refractivity contribution in [2.45, 2.75) is 5.25 Å². The minimum absolute atomic E-state index is 0.248. The predicted octanol–water partition coefficient (Wildman–Crippen LogP) is 3.00. The number of rotatable bonds is 6. The number of thioether (sulfide) groups is 1. The molecule has 0 saturated carbocycles. The van der Waals surface area contributed by atoms with Gasteiger partial charge in [0.25, 0.3) is 0 Å². The predicted molar refractivity (Wildman–Crippen MR) is 94.6 cm³/mol. The molecule has 2 aromatic rings. The second kappa shape index (κ2) is 8.64. The molecule has 1 aromatic heterocycles. The van der Waals surface area contributed by atoms with Crippen LogP contribution in [0.1, 0.15) is 16.5 Å². The summed E-state index contributed by atoms with van der Waals surface area (Å²) >= 11 is 6.95. The summed E-state index contributed by atoms with van der Waals surface area (Å²) < 4.78 is 0. The summed E-state index contributed by atoms with van der Waals surface area (Å²) in [6.45, 7) is 0.834. The molecular weight excluding hydrogens is 298 g/mol. The van der Waals surface area contributed by atoms with Crippen LogP contribution in [0.4, 0.5) is 0 Å². The van der Waals surface area contributed by atoms with E-state index in [-0.39, 0.29) is 5.25 Å². The smallest absolute Gasteiger partial charge is 0.166 e. The molecule has 0 fully saturated rings. The zero-order chi connectivity index (χ0) is 14.9. The molecule has 0 amide bonds. The van der Waals surface area contributed by atoms with Crippen LogP contribution in [0.3, 0.4) is 0 Å². The van der Waals surface area contributed by atoms with Gasteiger partial charge in [0.15, 0.2) is 5.11 Å². The molecule has 2 rings (SSSR count). The Morgan fingerprint density at radius 3 is 2.62 bits per heavy atom. The maximum absolute atomic E-state index is 5.08. The summed E-state index contributed by atoms with van der Waals surface area (Å²) in [7, 11) is 1.82. The van der Waals surface area contributed by atoms with Crippen LogP contribution >= 0.6 is 24.0 Å². The van der Waals surface area contributed by atoms with Crippen molar-refractivity contribution in [2.75, 3.05) is 19.3 Å². The Labute approximate surface area is 135 Å².